The number of nitrogens with zero attached hydrogens (tertiary/aromatic N) is 4. The van der Waals surface area contributed by atoms with Crippen LogP contribution in [0.3, 0.4) is 0 Å². The van der Waals surface area contributed by atoms with Gasteiger partial charge in [-0.05, 0) is 47.2 Å². The van der Waals surface area contributed by atoms with Gasteiger partial charge < -0.3 is 19.0 Å². The minimum atomic E-state index is -0.948. The van der Waals surface area contributed by atoms with Crippen molar-refractivity contribution in [2.75, 3.05) is 42.1 Å². The molecule has 2 heterocycles. The Morgan fingerprint density at radius 2 is 1.67 bits per heavy atom. The zero-order valence-corrected chi connectivity index (χ0v) is 21.4. The van der Waals surface area contributed by atoms with Crippen molar-refractivity contribution >= 4 is 63.5 Å². The summed E-state index contributed by atoms with van der Waals surface area (Å²) in [6, 6.07) is 17.0. The van der Waals surface area contributed by atoms with E-state index in [1.54, 1.807) is 22.5 Å². The Morgan fingerprint density at radius 1 is 1.00 bits per heavy atom. The molecule has 5 rings (SSSR count). The normalized spacial score (nSPS) is 13.7. The number of carboxylic acids is 1. The zero-order valence-electron chi connectivity index (χ0n) is 19.1. The van der Waals surface area contributed by atoms with E-state index in [-0.39, 0.29) is 6.54 Å². The summed E-state index contributed by atoms with van der Waals surface area (Å²) in [5.41, 5.74) is 2.62. The molecule has 0 radical (unpaired) electrons. The van der Waals surface area contributed by atoms with Crippen molar-refractivity contribution in [1.29, 1.82) is 0 Å². The lowest BCUT2D eigenvalue weighted by atomic mass is 9.99. The van der Waals surface area contributed by atoms with E-state index >= 15 is 0 Å². The van der Waals surface area contributed by atoms with Crippen molar-refractivity contribution in [2.45, 2.75) is 4.90 Å². The van der Waals surface area contributed by atoms with Crippen LogP contribution in [-0.2, 0) is 9.53 Å². The number of carbonyl (C=O) groups is 1. The Balaban J connectivity index is 1.52. The van der Waals surface area contributed by atoms with Crippen molar-refractivity contribution in [3.63, 3.8) is 0 Å². The molecule has 0 unspecified atom stereocenters. The SMILES string of the molecule is O=C(O)CN(Sc1cc(Cl)cc(Cl)c1)c1cccc2c(-c3cnc(N4CCOCC4)nc3)cccc12. The van der Waals surface area contributed by atoms with E-state index in [1.807, 2.05) is 48.8 Å². The average Bonchev–Trinajstić information content (AvgIpc) is 2.87. The molecule has 1 saturated heterocycles. The van der Waals surface area contributed by atoms with E-state index in [4.69, 9.17) is 27.9 Å². The molecule has 3 aromatic carbocycles. The van der Waals surface area contributed by atoms with Crippen LogP contribution >= 0.6 is 35.1 Å². The molecule has 184 valence electrons. The maximum absolute atomic E-state index is 11.8. The fraction of sp³-hybridized carbons (Fsp3) is 0.192. The third-order valence-corrected chi connectivity index (χ3v) is 7.17. The highest BCUT2D eigenvalue weighted by Gasteiger charge is 2.18. The summed E-state index contributed by atoms with van der Waals surface area (Å²) in [5.74, 6) is -0.261. The second kappa shape index (κ2) is 10.9. The molecule has 0 aliphatic carbocycles. The van der Waals surface area contributed by atoms with Gasteiger partial charge in [-0.2, -0.15) is 0 Å². The largest absolute Gasteiger partial charge is 0.480 e. The van der Waals surface area contributed by atoms with E-state index in [2.05, 4.69) is 14.9 Å². The van der Waals surface area contributed by atoms with Gasteiger partial charge in [0.05, 0.1) is 18.9 Å². The van der Waals surface area contributed by atoms with Crippen LogP contribution in [0, 0.1) is 0 Å². The van der Waals surface area contributed by atoms with Gasteiger partial charge >= 0.3 is 5.97 Å². The molecule has 0 atom stereocenters. The molecule has 1 fully saturated rings. The van der Waals surface area contributed by atoms with Gasteiger partial charge in [-0.25, -0.2) is 9.97 Å². The number of hydrogen-bond acceptors (Lipinski definition) is 7. The molecule has 7 nitrogen and oxygen atoms in total. The number of aromatic nitrogens is 2. The molecule has 0 amide bonds. The first-order chi connectivity index (χ1) is 17.5. The third kappa shape index (κ3) is 5.52. The molecule has 0 spiro atoms. The first-order valence-corrected chi connectivity index (χ1v) is 12.8. The minimum absolute atomic E-state index is 0.213. The Hall–Kier alpha value is -3.04. The van der Waals surface area contributed by atoms with Crippen LogP contribution in [0.25, 0.3) is 21.9 Å². The fourth-order valence-corrected chi connectivity index (χ4v) is 5.85. The topological polar surface area (TPSA) is 78.8 Å². The van der Waals surface area contributed by atoms with E-state index in [9.17, 15) is 9.90 Å². The Morgan fingerprint density at radius 3 is 2.36 bits per heavy atom. The second-order valence-corrected chi connectivity index (χ2v) is 10.1. The second-order valence-electron chi connectivity index (χ2n) is 8.18. The zero-order chi connectivity index (χ0) is 25.1. The van der Waals surface area contributed by atoms with Crippen LogP contribution in [-0.4, -0.2) is 53.9 Å². The van der Waals surface area contributed by atoms with E-state index < -0.39 is 5.97 Å². The fourth-order valence-electron chi connectivity index (χ4n) is 4.15. The number of aliphatic carboxylic acids is 1. The number of rotatable bonds is 7. The highest BCUT2D eigenvalue weighted by atomic mass is 35.5. The summed E-state index contributed by atoms with van der Waals surface area (Å²) in [5, 5.41) is 12.5. The predicted molar refractivity (Wildman–Crippen MR) is 145 cm³/mol. The van der Waals surface area contributed by atoms with Crippen molar-refractivity contribution < 1.29 is 14.6 Å². The number of morpholine rings is 1. The number of ether oxygens (including phenoxy) is 1. The molecule has 4 aromatic rings. The predicted octanol–water partition coefficient (Wildman–Crippen LogP) is 6.04. The smallest absolute Gasteiger partial charge is 0.324 e. The van der Waals surface area contributed by atoms with Gasteiger partial charge in [0.15, 0.2) is 0 Å². The Kier molecular flexibility index (Phi) is 7.48. The maximum Gasteiger partial charge on any atom is 0.324 e. The molecule has 0 saturated carbocycles. The van der Waals surface area contributed by atoms with E-state index in [0.29, 0.717) is 29.2 Å². The summed E-state index contributed by atoms with van der Waals surface area (Å²) >= 11 is 13.6. The summed E-state index contributed by atoms with van der Waals surface area (Å²) < 4.78 is 7.14. The van der Waals surface area contributed by atoms with Gasteiger partial charge in [-0.3, -0.25) is 4.79 Å². The van der Waals surface area contributed by atoms with Crippen molar-refractivity contribution in [3.05, 3.63) is 77.0 Å². The van der Waals surface area contributed by atoms with Crippen LogP contribution in [0.1, 0.15) is 0 Å². The van der Waals surface area contributed by atoms with Crippen molar-refractivity contribution in [1.82, 2.24) is 9.97 Å². The van der Waals surface area contributed by atoms with Gasteiger partial charge in [-0.15, -0.1) is 0 Å². The van der Waals surface area contributed by atoms with E-state index in [1.165, 1.54) is 11.9 Å². The number of anilines is 2. The minimum Gasteiger partial charge on any atom is -0.480 e. The van der Waals surface area contributed by atoms with Gasteiger partial charge in [0.2, 0.25) is 5.95 Å². The molecule has 1 N–H and O–H groups in total. The van der Waals surface area contributed by atoms with Crippen LogP contribution in [0.15, 0.2) is 71.9 Å². The highest BCUT2D eigenvalue weighted by Crippen LogP contribution is 2.38. The highest BCUT2D eigenvalue weighted by molar-refractivity contribution is 8.00. The van der Waals surface area contributed by atoms with Gasteiger partial charge in [0.1, 0.15) is 6.54 Å². The number of halogens is 2. The molecule has 1 aromatic heterocycles. The van der Waals surface area contributed by atoms with Gasteiger partial charge in [0.25, 0.3) is 0 Å². The number of carboxylic acid groups (broad SMARTS) is 1. The first kappa shape index (κ1) is 24.6. The standard InChI is InChI=1S/C26H22Cl2N4O3S/c27-18-11-19(28)13-20(12-18)36-32(16-25(33)34)24-6-2-4-22-21(3-1-5-23(22)24)17-14-29-26(30-15-17)31-7-9-35-10-8-31/h1-6,11-15H,7-10,16H2,(H,33,34). The average molecular weight is 541 g/mol. The third-order valence-electron chi connectivity index (χ3n) is 5.74. The van der Waals surface area contributed by atoms with Crippen molar-refractivity contribution in [2.24, 2.45) is 0 Å². The summed E-state index contributed by atoms with van der Waals surface area (Å²) in [6.07, 6.45) is 3.66. The lowest BCUT2D eigenvalue weighted by Crippen LogP contribution is -2.37. The molecule has 1 aliphatic rings. The monoisotopic (exact) mass is 540 g/mol. The number of hydrogen-bond donors (Lipinski definition) is 1. The Labute approximate surface area is 222 Å². The number of fused-ring (bicyclic) bond motifs is 1. The summed E-state index contributed by atoms with van der Waals surface area (Å²) in [7, 11) is 0. The lowest BCUT2D eigenvalue weighted by Gasteiger charge is -2.26. The van der Waals surface area contributed by atoms with Gasteiger partial charge in [-0.1, -0.05) is 53.5 Å². The van der Waals surface area contributed by atoms with Crippen LogP contribution in [0.5, 0.6) is 0 Å². The molecular weight excluding hydrogens is 519 g/mol. The van der Waals surface area contributed by atoms with Crippen LogP contribution in [0.2, 0.25) is 10.0 Å². The molecule has 10 heteroatoms. The molecule has 0 bridgehead atoms. The van der Waals surface area contributed by atoms with E-state index in [0.717, 1.165) is 45.6 Å². The summed E-state index contributed by atoms with van der Waals surface area (Å²) in [6.45, 7) is 2.67. The van der Waals surface area contributed by atoms with Crippen LogP contribution < -0.4 is 9.21 Å². The molecule has 36 heavy (non-hydrogen) atoms. The van der Waals surface area contributed by atoms with Crippen molar-refractivity contribution in [3.8, 4) is 11.1 Å². The quantitative estimate of drug-likeness (QED) is 0.284. The lowest BCUT2D eigenvalue weighted by molar-refractivity contribution is -0.135. The summed E-state index contributed by atoms with van der Waals surface area (Å²) in [4.78, 5) is 23.8. The van der Waals surface area contributed by atoms with Gasteiger partial charge in [0, 0.05) is 51.4 Å². The maximum atomic E-state index is 11.8. The molecular formula is C26H22Cl2N4O3S. The van der Waals surface area contributed by atoms with Crippen LogP contribution in [0.4, 0.5) is 11.6 Å². The Bertz CT molecular complexity index is 1380. The first-order valence-electron chi connectivity index (χ1n) is 11.3. The molecule has 1 aliphatic heterocycles. The number of benzene rings is 3.